The average Bonchev–Trinajstić information content (AvgIpc) is 3.01. The predicted molar refractivity (Wildman–Crippen MR) is 165 cm³/mol. The van der Waals surface area contributed by atoms with Gasteiger partial charge in [0.15, 0.2) is 11.5 Å². The molecular formula is C36H31F2NO2. The normalized spacial score (nSPS) is 11.3. The molecule has 3 nitrogen and oxygen atoms in total. The molecule has 0 fully saturated rings. The molecule has 0 aliphatic heterocycles. The molecule has 0 amide bonds. The van der Waals surface area contributed by atoms with Gasteiger partial charge in [-0.3, -0.25) is 0 Å². The van der Waals surface area contributed by atoms with Crippen LogP contribution in [0.25, 0.3) is 45.0 Å². The third kappa shape index (κ3) is 5.99. The third-order valence-corrected chi connectivity index (χ3v) is 7.14. The second-order valence-electron chi connectivity index (χ2n) is 9.74. The van der Waals surface area contributed by atoms with E-state index in [1.807, 2.05) is 37.4 Å². The summed E-state index contributed by atoms with van der Waals surface area (Å²) in [5.74, 6) is 0.598. The first-order valence-corrected chi connectivity index (χ1v) is 13.3. The highest BCUT2D eigenvalue weighted by Crippen LogP contribution is 2.43. The quantitative estimate of drug-likeness (QED) is 0.196. The maximum absolute atomic E-state index is 13.8. The molecule has 1 N–H and O–H groups in total. The first-order chi connectivity index (χ1) is 19.9. The Bertz CT molecular complexity index is 1640. The van der Waals surface area contributed by atoms with Gasteiger partial charge in [0.1, 0.15) is 11.6 Å². The van der Waals surface area contributed by atoms with Gasteiger partial charge in [-0.15, -0.1) is 0 Å². The average molecular weight is 548 g/mol. The minimum absolute atomic E-state index is 0.301. The smallest absolute Gasteiger partial charge is 0.168 e. The Labute approximate surface area is 239 Å². The number of hydrogen-bond donors (Lipinski definition) is 1. The summed E-state index contributed by atoms with van der Waals surface area (Å²) in [5, 5.41) is 3.24. The van der Waals surface area contributed by atoms with Crippen molar-refractivity contribution in [2.45, 2.75) is 6.92 Å². The highest BCUT2D eigenvalue weighted by atomic mass is 19.1. The van der Waals surface area contributed by atoms with E-state index in [0.29, 0.717) is 11.5 Å². The van der Waals surface area contributed by atoms with E-state index in [0.717, 1.165) is 55.8 Å². The van der Waals surface area contributed by atoms with Crippen molar-refractivity contribution < 1.29 is 18.3 Å². The van der Waals surface area contributed by atoms with Gasteiger partial charge in [0.05, 0.1) is 14.2 Å². The van der Waals surface area contributed by atoms with Gasteiger partial charge >= 0.3 is 0 Å². The molecule has 5 rings (SSSR count). The number of para-hydroxylation sites is 1. The Morgan fingerprint density at radius 1 is 0.659 bits per heavy atom. The van der Waals surface area contributed by atoms with E-state index in [-0.39, 0.29) is 11.6 Å². The lowest BCUT2D eigenvalue weighted by atomic mass is 9.91. The van der Waals surface area contributed by atoms with Crippen LogP contribution in [0.2, 0.25) is 0 Å². The van der Waals surface area contributed by atoms with Gasteiger partial charge in [-0.2, -0.15) is 0 Å². The largest absolute Gasteiger partial charge is 0.493 e. The van der Waals surface area contributed by atoms with Crippen LogP contribution >= 0.6 is 0 Å². The molecule has 0 unspecified atom stereocenters. The van der Waals surface area contributed by atoms with Crippen LogP contribution in [0.5, 0.6) is 11.5 Å². The number of allylic oxidation sites excluding steroid dienone is 1. The number of rotatable bonds is 8. The highest BCUT2D eigenvalue weighted by Gasteiger charge is 2.17. The number of nitrogens with one attached hydrogen (secondary N) is 1. The first kappa shape index (κ1) is 27.7. The van der Waals surface area contributed by atoms with E-state index in [1.165, 1.54) is 24.3 Å². The van der Waals surface area contributed by atoms with Crippen molar-refractivity contribution in [1.82, 2.24) is 0 Å². The van der Waals surface area contributed by atoms with Crippen LogP contribution in [-0.2, 0) is 0 Å². The van der Waals surface area contributed by atoms with E-state index in [9.17, 15) is 8.78 Å². The molecule has 41 heavy (non-hydrogen) atoms. The molecule has 0 atom stereocenters. The van der Waals surface area contributed by atoms with Crippen LogP contribution in [0.4, 0.5) is 14.5 Å². The van der Waals surface area contributed by atoms with Gasteiger partial charge < -0.3 is 14.8 Å². The van der Waals surface area contributed by atoms with E-state index in [1.54, 1.807) is 38.5 Å². The van der Waals surface area contributed by atoms with Gasteiger partial charge in [-0.1, -0.05) is 42.5 Å². The lowest BCUT2D eigenvalue weighted by molar-refractivity contribution is 0.356. The van der Waals surface area contributed by atoms with Gasteiger partial charge in [0, 0.05) is 18.3 Å². The second-order valence-corrected chi connectivity index (χ2v) is 9.74. The summed E-state index contributed by atoms with van der Waals surface area (Å²) in [6, 6.07) is 31.1. The van der Waals surface area contributed by atoms with Gasteiger partial charge in [-0.25, -0.2) is 8.78 Å². The minimum atomic E-state index is -0.301. The Morgan fingerprint density at radius 2 is 1.22 bits per heavy atom. The third-order valence-electron chi connectivity index (χ3n) is 7.14. The summed E-state index contributed by atoms with van der Waals surface area (Å²) in [5.41, 5.74) is 9.34. The summed E-state index contributed by atoms with van der Waals surface area (Å²) < 4.78 is 39.2. The number of halogens is 2. The van der Waals surface area contributed by atoms with Gasteiger partial charge in [0.25, 0.3) is 0 Å². The number of hydrogen-bond acceptors (Lipinski definition) is 3. The molecule has 0 aliphatic carbocycles. The highest BCUT2D eigenvalue weighted by molar-refractivity contribution is 5.90. The van der Waals surface area contributed by atoms with Crippen LogP contribution in [-0.4, -0.2) is 21.3 Å². The van der Waals surface area contributed by atoms with Crippen molar-refractivity contribution in [1.29, 1.82) is 0 Å². The maximum atomic E-state index is 13.8. The molecule has 0 spiro atoms. The molecule has 0 bridgehead atoms. The number of ether oxygens (including phenoxy) is 2. The van der Waals surface area contributed by atoms with E-state index >= 15 is 0 Å². The standard InChI is InChI=1S/C36H31F2NO2/c1-23(17-26-7-5-6-8-34(26)39-2)27-21-33(36(41-4)35(22-27)40-3)30-19-28(24-9-13-31(37)14-10-24)18-29(20-30)25-11-15-32(38)16-12-25/h5-22,39H,1-4H3/b23-17+. The lowest BCUT2D eigenvalue weighted by Gasteiger charge is -2.18. The fraction of sp³-hybridized carbons (Fsp3) is 0.111. The van der Waals surface area contributed by atoms with Crippen molar-refractivity contribution in [2.75, 3.05) is 26.6 Å². The molecule has 206 valence electrons. The SMILES string of the molecule is CNc1ccccc1/C=C(\C)c1cc(OC)c(OC)c(-c2cc(-c3ccc(F)cc3)cc(-c3ccc(F)cc3)c2)c1. The molecule has 5 heteroatoms. The fourth-order valence-corrected chi connectivity index (χ4v) is 4.97. The zero-order chi connectivity index (χ0) is 28.9. The Morgan fingerprint density at radius 3 is 1.76 bits per heavy atom. The van der Waals surface area contributed by atoms with Crippen molar-refractivity contribution in [3.05, 3.63) is 126 Å². The predicted octanol–water partition coefficient (Wildman–Crippen LogP) is 9.59. The monoisotopic (exact) mass is 547 g/mol. The number of methoxy groups -OCH3 is 2. The zero-order valence-corrected chi connectivity index (χ0v) is 23.5. The molecular weight excluding hydrogens is 516 g/mol. The summed E-state index contributed by atoms with van der Waals surface area (Å²) in [6.07, 6.45) is 2.13. The van der Waals surface area contributed by atoms with Crippen LogP contribution in [0.15, 0.2) is 103 Å². The van der Waals surface area contributed by atoms with Crippen LogP contribution in [0, 0.1) is 11.6 Å². The Hall–Kier alpha value is -4.90. The van der Waals surface area contributed by atoms with Crippen LogP contribution in [0.1, 0.15) is 18.1 Å². The molecule has 0 aromatic heterocycles. The molecule has 0 radical (unpaired) electrons. The van der Waals surface area contributed by atoms with Gasteiger partial charge in [0.2, 0.25) is 0 Å². The minimum Gasteiger partial charge on any atom is -0.493 e. The fourth-order valence-electron chi connectivity index (χ4n) is 4.97. The van der Waals surface area contributed by atoms with E-state index in [2.05, 4.69) is 42.6 Å². The molecule has 0 aliphatic rings. The van der Waals surface area contributed by atoms with E-state index < -0.39 is 0 Å². The first-order valence-electron chi connectivity index (χ1n) is 13.3. The summed E-state index contributed by atoms with van der Waals surface area (Å²) in [4.78, 5) is 0. The molecule has 0 heterocycles. The Balaban J connectivity index is 1.72. The summed E-state index contributed by atoms with van der Waals surface area (Å²) in [6.45, 7) is 2.07. The van der Waals surface area contributed by atoms with Crippen molar-refractivity contribution in [3.8, 4) is 44.9 Å². The molecule has 0 saturated carbocycles. The van der Waals surface area contributed by atoms with Crippen LogP contribution < -0.4 is 14.8 Å². The molecule has 0 saturated heterocycles. The van der Waals surface area contributed by atoms with Gasteiger partial charge in [-0.05, 0) is 118 Å². The second kappa shape index (κ2) is 12.1. The number of benzene rings is 5. The molecule has 5 aromatic rings. The summed E-state index contributed by atoms with van der Waals surface area (Å²) >= 11 is 0. The maximum Gasteiger partial charge on any atom is 0.168 e. The molecule has 5 aromatic carbocycles. The van der Waals surface area contributed by atoms with Crippen molar-refractivity contribution in [2.24, 2.45) is 0 Å². The lowest BCUT2D eigenvalue weighted by Crippen LogP contribution is -1.97. The van der Waals surface area contributed by atoms with Crippen molar-refractivity contribution >= 4 is 17.3 Å². The number of anilines is 1. The topological polar surface area (TPSA) is 30.5 Å². The van der Waals surface area contributed by atoms with E-state index in [4.69, 9.17) is 9.47 Å². The van der Waals surface area contributed by atoms with Crippen molar-refractivity contribution in [3.63, 3.8) is 0 Å². The van der Waals surface area contributed by atoms with Crippen LogP contribution in [0.3, 0.4) is 0 Å². The zero-order valence-electron chi connectivity index (χ0n) is 23.5. The summed E-state index contributed by atoms with van der Waals surface area (Å²) in [7, 11) is 5.15. The Kier molecular flexibility index (Phi) is 8.16.